The first-order chi connectivity index (χ1) is 8.52. The molecule has 0 radical (unpaired) electrons. The van der Waals surface area contributed by atoms with Crippen molar-refractivity contribution in [2.75, 3.05) is 13.1 Å². The van der Waals surface area contributed by atoms with Crippen LogP contribution in [0.4, 0.5) is 0 Å². The summed E-state index contributed by atoms with van der Waals surface area (Å²) in [6.07, 6.45) is 4.40. The van der Waals surface area contributed by atoms with Gasteiger partial charge >= 0.3 is 5.69 Å². The van der Waals surface area contributed by atoms with Crippen molar-refractivity contribution in [1.29, 1.82) is 0 Å². The van der Waals surface area contributed by atoms with Crippen LogP contribution in [0.2, 0.25) is 0 Å². The summed E-state index contributed by atoms with van der Waals surface area (Å²) in [6, 6.07) is 0. The van der Waals surface area contributed by atoms with Crippen LogP contribution in [0.25, 0.3) is 0 Å². The number of hydrogen-bond donors (Lipinski definition) is 0. The number of carbonyl (C=O) groups is 1. The van der Waals surface area contributed by atoms with Crippen LogP contribution in [0, 0.1) is 0 Å². The molecule has 0 spiro atoms. The van der Waals surface area contributed by atoms with Crippen LogP contribution in [-0.4, -0.2) is 33.0 Å². The van der Waals surface area contributed by atoms with Gasteiger partial charge in [-0.1, -0.05) is 0 Å². The second-order valence-corrected chi connectivity index (χ2v) is 4.65. The summed E-state index contributed by atoms with van der Waals surface area (Å²) in [6.45, 7) is 1.37. The lowest BCUT2D eigenvalue weighted by Crippen LogP contribution is -2.44. The first-order valence-electron chi connectivity index (χ1n) is 6.08. The average molecular weight is 251 g/mol. The Hall–Kier alpha value is -1.85. The van der Waals surface area contributed by atoms with Gasteiger partial charge in [-0.25, -0.2) is 4.79 Å². The van der Waals surface area contributed by atoms with Gasteiger partial charge in [0.2, 0.25) is 0 Å². The van der Waals surface area contributed by atoms with Gasteiger partial charge in [-0.15, -0.1) is 0 Å². The second kappa shape index (κ2) is 4.80. The van der Waals surface area contributed by atoms with Crippen molar-refractivity contribution >= 4 is 5.91 Å². The van der Waals surface area contributed by atoms with E-state index >= 15 is 0 Å². The third-order valence-electron chi connectivity index (χ3n) is 3.32. The van der Waals surface area contributed by atoms with Crippen LogP contribution in [-0.2, 0) is 14.1 Å². The number of carbonyl (C=O) groups excluding carboxylic acids is 1. The molecule has 0 bridgehead atoms. The first kappa shape index (κ1) is 12.6. The van der Waals surface area contributed by atoms with Gasteiger partial charge in [0, 0.05) is 33.4 Å². The molecule has 6 heteroatoms. The highest BCUT2D eigenvalue weighted by Crippen LogP contribution is 2.10. The molecule has 1 aliphatic heterocycles. The molecule has 0 atom stereocenters. The van der Waals surface area contributed by atoms with E-state index in [1.54, 1.807) is 4.90 Å². The van der Waals surface area contributed by atoms with Gasteiger partial charge in [0.05, 0.1) is 0 Å². The molecule has 98 valence electrons. The third kappa shape index (κ3) is 2.10. The van der Waals surface area contributed by atoms with Crippen molar-refractivity contribution in [3.63, 3.8) is 0 Å². The van der Waals surface area contributed by atoms with Gasteiger partial charge in [-0.3, -0.25) is 14.2 Å². The summed E-state index contributed by atoms with van der Waals surface area (Å²) >= 11 is 0. The summed E-state index contributed by atoms with van der Waals surface area (Å²) in [5.41, 5.74) is -0.870. The van der Waals surface area contributed by atoms with Crippen molar-refractivity contribution in [3.8, 4) is 0 Å². The Bertz CT molecular complexity index is 579. The maximum absolute atomic E-state index is 12.2. The zero-order chi connectivity index (χ0) is 13.3. The molecule has 0 N–H and O–H groups in total. The third-order valence-corrected chi connectivity index (χ3v) is 3.32. The fourth-order valence-corrected chi connectivity index (χ4v) is 2.22. The normalized spacial score (nSPS) is 15.8. The highest BCUT2D eigenvalue weighted by molar-refractivity contribution is 5.93. The predicted octanol–water partition coefficient (Wildman–Crippen LogP) is -0.290. The molecular formula is C12H17N3O3. The van der Waals surface area contributed by atoms with Gasteiger partial charge in [0.1, 0.15) is 5.56 Å². The lowest BCUT2D eigenvalue weighted by Gasteiger charge is -2.26. The van der Waals surface area contributed by atoms with E-state index in [0.717, 1.165) is 23.8 Å². The lowest BCUT2D eigenvalue weighted by atomic mass is 10.1. The van der Waals surface area contributed by atoms with Crippen molar-refractivity contribution < 1.29 is 4.79 Å². The molecule has 1 fully saturated rings. The van der Waals surface area contributed by atoms with Crippen LogP contribution >= 0.6 is 0 Å². The zero-order valence-electron chi connectivity index (χ0n) is 10.7. The highest BCUT2D eigenvalue weighted by Gasteiger charge is 2.22. The number of likely N-dealkylation sites (tertiary alicyclic amines) is 1. The maximum Gasteiger partial charge on any atom is 0.330 e. The fourth-order valence-electron chi connectivity index (χ4n) is 2.22. The van der Waals surface area contributed by atoms with E-state index in [9.17, 15) is 14.4 Å². The molecule has 0 aromatic carbocycles. The van der Waals surface area contributed by atoms with E-state index in [1.165, 1.54) is 24.9 Å². The number of piperidine rings is 1. The number of aryl methyl sites for hydroxylation is 1. The molecule has 6 nitrogen and oxygen atoms in total. The summed E-state index contributed by atoms with van der Waals surface area (Å²) in [7, 11) is 2.92. The van der Waals surface area contributed by atoms with Crippen molar-refractivity contribution in [3.05, 3.63) is 32.6 Å². The highest BCUT2D eigenvalue weighted by atomic mass is 16.2. The average Bonchev–Trinajstić information content (AvgIpc) is 2.41. The minimum atomic E-state index is -0.520. The summed E-state index contributed by atoms with van der Waals surface area (Å²) in [5.74, 6) is -0.272. The second-order valence-electron chi connectivity index (χ2n) is 4.65. The SMILES string of the molecule is Cn1cc(C(=O)N2CCCCC2)c(=O)n(C)c1=O. The van der Waals surface area contributed by atoms with E-state index in [-0.39, 0.29) is 11.5 Å². The Morgan fingerprint density at radius 1 is 1.11 bits per heavy atom. The predicted molar refractivity (Wildman–Crippen MR) is 66.7 cm³/mol. The van der Waals surface area contributed by atoms with E-state index in [2.05, 4.69) is 0 Å². The van der Waals surface area contributed by atoms with Gasteiger partial charge < -0.3 is 9.47 Å². The number of amides is 1. The van der Waals surface area contributed by atoms with Crippen LogP contribution < -0.4 is 11.2 Å². The van der Waals surface area contributed by atoms with Crippen molar-refractivity contribution in [2.24, 2.45) is 14.1 Å². The smallest absolute Gasteiger partial charge is 0.330 e. The minimum absolute atomic E-state index is 0.0708. The molecule has 1 aromatic rings. The standard InChI is InChI=1S/C12H17N3O3/c1-13-8-9(10(16)14(2)12(13)18)11(17)15-6-4-3-5-7-15/h8H,3-7H2,1-2H3. The molecule has 2 heterocycles. The lowest BCUT2D eigenvalue weighted by molar-refractivity contribution is 0.0720. The van der Waals surface area contributed by atoms with Crippen molar-refractivity contribution in [1.82, 2.24) is 14.0 Å². The summed E-state index contributed by atoms with van der Waals surface area (Å²) in [4.78, 5) is 37.4. The Morgan fingerprint density at radius 2 is 1.72 bits per heavy atom. The topological polar surface area (TPSA) is 64.3 Å². The Balaban J connectivity index is 2.42. The summed E-state index contributed by atoms with van der Waals surface area (Å²) < 4.78 is 2.23. The number of aromatic nitrogens is 2. The van der Waals surface area contributed by atoms with Crippen LogP contribution in [0.3, 0.4) is 0 Å². The van der Waals surface area contributed by atoms with Crippen LogP contribution in [0.15, 0.2) is 15.8 Å². The molecule has 1 amide bonds. The molecular weight excluding hydrogens is 234 g/mol. The molecule has 1 aromatic heterocycles. The molecule has 0 unspecified atom stereocenters. The molecule has 18 heavy (non-hydrogen) atoms. The quantitative estimate of drug-likeness (QED) is 0.689. The number of nitrogens with zero attached hydrogens (tertiary/aromatic N) is 3. The number of hydrogen-bond acceptors (Lipinski definition) is 3. The molecule has 1 aliphatic rings. The number of rotatable bonds is 1. The van der Waals surface area contributed by atoms with E-state index in [4.69, 9.17) is 0 Å². The van der Waals surface area contributed by atoms with Crippen molar-refractivity contribution in [2.45, 2.75) is 19.3 Å². The Labute approximate surface area is 104 Å². The zero-order valence-corrected chi connectivity index (χ0v) is 10.7. The van der Waals surface area contributed by atoms with Gasteiger partial charge in [0.25, 0.3) is 11.5 Å². The van der Waals surface area contributed by atoms with Gasteiger partial charge in [0.15, 0.2) is 0 Å². The van der Waals surface area contributed by atoms with E-state index in [0.29, 0.717) is 13.1 Å². The summed E-state index contributed by atoms with van der Waals surface area (Å²) in [5, 5.41) is 0. The first-order valence-corrected chi connectivity index (χ1v) is 6.08. The minimum Gasteiger partial charge on any atom is -0.338 e. The van der Waals surface area contributed by atoms with Gasteiger partial charge in [-0.05, 0) is 19.3 Å². The molecule has 2 rings (SSSR count). The fraction of sp³-hybridized carbons (Fsp3) is 0.583. The van der Waals surface area contributed by atoms with E-state index in [1.807, 2.05) is 0 Å². The van der Waals surface area contributed by atoms with E-state index < -0.39 is 11.2 Å². The van der Waals surface area contributed by atoms with Gasteiger partial charge in [-0.2, -0.15) is 0 Å². The molecule has 0 saturated carbocycles. The monoisotopic (exact) mass is 251 g/mol. The maximum atomic E-state index is 12.2. The Morgan fingerprint density at radius 3 is 2.33 bits per heavy atom. The molecule has 1 saturated heterocycles. The van der Waals surface area contributed by atoms with Crippen LogP contribution in [0.1, 0.15) is 29.6 Å². The largest absolute Gasteiger partial charge is 0.338 e. The van der Waals surface area contributed by atoms with Crippen LogP contribution in [0.5, 0.6) is 0 Å². The molecule has 0 aliphatic carbocycles. The Kier molecular flexibility index (Phi) is 3.36.